The fourth-order valence-corrected chi connectivity index (χ4v) is 3.33. The number of rotatable bonds is 3. The van der Waals surface area contributed by atoms with Gasteiger partial charge in [0.2, 0.25) is 0 Å². The summed E-state index contributed by atoms with van der Waals surface area (Å²) < 4.78 is 5.88. The van der Waals surface area contributed by atoms with Crippen LogP contribution in [0.1, 0.15) is 33.5 Å². The van der Waals surface area contributed by atoms with Gasteiger partial charge in [-0.2, -0.15) is 0 Å². The summed E-state index contributed by atoms with van der Waals surface area (Å²) in [7, 11) is 1.40. The lowest BCUT2D eigenvalue weighted by molar-refractivity contribution is 0.0600. The number of carbonyl (C=O) groups excluding carboxylic acids is 1. The number of fused-ring (bicyclic) bond motifs is 1. The number of ether oxygens (including phenoxy) is 1. The van der Waals surface area contributed by atoms with Crippen molar-refractivity contribution in [3.05, 3.63) is 74.8 Å². The first kappa shape index (κ1) is 15.0. The van der Waals surface area contributed by atoms with Crippen molar-refractivity contribution in [1.82, 2.24) is 0 Å². The van der Waals surface area contributed by atoms with Gasteiger partial charge in [0, 0.05) is 4.47 Å². The van der Waals surface area contributed by atoms with E-state index in [1.807, 2.05) is 24.3 Å². The number of aryl methyl sites for hydroxylation is 1. The largest absolute Gasteiger partial charge is 0.465 e. The van der Waals surface area contributed by atoms with Gasteiger partial charge in [0.1, 0.15) is 0 Å². The van der Waals surface area contributed by atoms with Crippen LogP contribution in [0.4, 0.5) is 0 Å². The Labute approximate surface area is 138 Å². The zero-order chi connectivity index (χ0) is 15.5. The van der Waals surface area contributed by atoms with Crippen LogP contribution in [0.25, 0.3) is 6.08 Å². The monoisotopic (exact) mass is 356 g/mol. The second-order valence-corrected chi connectivity index (χ2v) is 6.33. The summed E-state index contributed by atoms with van der Waals surface area (Å²) in [5.74, 6) is -0.290. The van der Waals surface area contributed by atoms with E-state index in [4.69, 9.17) is 4.74 Å². The van der Waals surface area contributed by atoms with Gasteiger partial charge in [0.05, 0.1) is 12.7 Å². The SMILES string of the molecule is COC(=O)c1ccc(CC2=Cc3c(Br)cccc3CC2)cc1. The van der Waals surface area contributed by atoms with Crippen LogP contribution in [0, 0.1) is 0 Å². The van der Waals surface area contributed by atoms with Gasteiger partial charge >= 0.3 is 5.97 Å². The van der Waals surface area contributed by atoms with E-state index in [9.17, 15) is 4.79 Å². The molecule has 1 aliphatic rings. The Morgan fingerprint density at radius 3 is 2.64 bits per heavy atom. The maximum Gasteiger partial charge on any atom is 0.337 e. The van der Waals surface area contributed by atoms with E-state index in [1.54, 1.807) is 0 Å². The Hall–Kier alpha value is -1.87. The van der Waals surface area contributed by atoms with Crippen molar-refractivity contribution in [3.8, 4) is 0 Å². The predicted molar refractivity (Wildman–Crippen MR) is 91.9 cm³/mol. The van der Waals surface area contributed by atoms with Crippen molar-refractivity contribution in [2.24, 2.45) is 0 Å². The number of halogens is 1. The van der Waals surface area contributed by atoms with E-state index in [1.165, 1.54) is 29.4 Å². The quantitative estimate of drug-likeness (QED) is 0.737. The third kappa shape index (κ3) is 3.14. The first-order valence-corrected chi connectivity index (χ1v) is 8.11. The minimum Gasteiger partial charge on any atom is -0.465 e. The molecule has 0 atom stereocenters. The Morgan fingerprint density at radius 1 is 1.14 bits per heavy atom. The molecule has 112 valence electrons. The second kappa shape index (κ2) is 6.49. The highest BCUT2D eigenvalue weighted by Crippen LogP contribution is 2.31. The van der Waals surface area contributed by atoms with E-state index >= 15 is 0 Å². The molecule has 0 aromatic heterocycles. The summed E-state index contributed by atoms with van der Waals surface area (Å²) in [6.45, 7) is 0. The first-order chi connectivity index (χ1) is 10.7. The maximum absolute atomic E-state index is 11.5. The zero-order valence-electron chi connectivity index (χ0n) is 12.4. The average molecular weight is 357 g/mol. The van der Waals surface area contributed by atoms with Crippen LogP contribution >= 0.6 is 15.9 Å². The van der Waals surface area contributed by atoms with Gasteiger partial charge in [-0.25, -0.2) is 4.79 Å². The molecule has 0 radical (unpaired) electrons. The molecule has 3 heteroatoms. The molecule has 0 heterocycles. The minimum atomic E-state index is -0.290. The summed E-state index contributed by atoms with van der Waals surface area (Å²) in [5.41, 5.74) is 5.94. The second-order valence-electron chi connectivity index (χ2n) is 5.48. The number of allylic oxidation sites excluding steroid dienone is 1. The van der Waals surface area contributed by atoms with Crippen LogP contribution in [-0.2, 0) is 17.6 Å². The lowest BCUT2D eigenvalue weighted by Crippen LogP contribution is -2.03. The van der Waals surface area contributed by atoms with Crippen molar-refractivity contribution >= 4 is 28.0 Å². The maximum atomic E-state index is 11.5. The lowest BCUT2D eigenvalue weighted by atomic mass is 9.89. The lowest BCUT2D eigenvalue weighted by Gasteiger charge is -2.18. The van der Waals surface area contributed by atoms with E-state index < -0.39 is 0 Å². The molecular weight excluding hydrogens is 340 g/mol. The molecule has 1 aliphatic carbocycles. The Bertz CT molecular complexity index is 730. The topological polar surface area (TPSA) is 26.3 Å². The normalized spacial score (nSPS) is 13.3. The molecule has 0 aliphatic heterocycles. The molecular formula is C19H17BrO2. The van der Waals surface area contributed by atoms with Crippen molar-refractivity contribution in [1.29, 1.82) is 0 Å². The summed E-state index contributed by atoms with van der Waals surface area (Å²) in [6, 6.07) is 14.0. The summed E-state index contributed by atoms with van der Waals surface area (Å²) in [4.78, 5) is 11.5. The number of benzene rings is 2. The van der Waals surface area contributed by atoms with E-state index in [0.717, 1.165) is 23.7 Å². The molecule has 3 rings (SSSR count). The van der Waals surface area contributed by atoms with Crippen molar-refractivity contribution in [3.63, 3.8) is 0 Å². The number of carbonyl (C=O) groups is 1. The Kier molecular flexibility index (Phi) is 4.44. The van der Waals surface area contributed by atoms with Crippen molar-refractivity contribution < 1.29 is 9.53 Å². The number of hydrogen-bond acceptors (Lipinski definition) is 2. The third-order valence-corrected chi connectivity index (χ3v) is 4.70. The van der Waals surface area contributed by atoms with Gasteiger partial charge in [0.15, 0.2) is 0 Å². The van der Waals surface area contributed by atoms with E-state index in [-0.39, 0.29) is 5.97 Å². The van der Waals surface area contributed by atoms with Crippen LogP contribution in [0.3, 0.4) is 0 Å². The number of hydrogen-bond donors (Lipinski definition) is 0. The van der Waals surface area contributed by atoms with Crippen molar-refractivity contribution in [2.75, 3.05) is 7.11 Å². The standard InChI is InChI=1S/C19H17BrO2/c1-22-19(21)16-9-5-13(6-10-16)11-14-7-8-15-3-2-4-18(20)17(15)12-14/h2-6,9-10,12H,7-8,11H2,1H3. The van der Waals surface area contributed by atoms with Crippen LogP contribution in [-0.4, -0.2) is 13.1 Å². The molecule has 0 amide bonds. The zero-order valence-corrected chi connectivity index (χ0v) is 14.0. The van der Waals surface area contributed by atoms with E-state index in [0.29, 0.717) is 5.56 Å². The summed E-state index contributed by atoms with van der Waals surface area (Å²) >= 11 is 3.63. The highest BCUT2D eigenvalue weighted by molar-refractivity contribution is 9.10. The highest BCUT2D eigenvalue weighted by Gasteiger charge is 2.13. The van der Waals surface area contributed by atoms with Crippen LogP contribution < -0.4 is 0 Å². The highest BCUT2D eigenvalue weighted by atomic mass is 79.9. The molecule has 0 unspecified atom stereocenters. The van der Waals surface area contributed by atoms with Gasteiger partial charge in [-0.15, -0.1) is 0 Å². The molecule has 22 heavy (non-hydrogen) atoms. The molecule has 2 aromatic rings. The molecule has 0 fully saturated rings. The fourth-order valence-electron chi connectivity index (χ4n) is 2.81. The van der Waals surface area contributed by atoms with Crippen LogP contribution in [0.2, 0.25) is 0 Å². The average Bonchev–Trinajstić information content (AvgIpc) is 2.55. The molecule has 0 N–H and O–H groups in total. The van der Waals surface area contributed by atoms with Gasteiger partial charge in [-0.3, -0.25) is 0 Å². The van der Waals surface area contributed by atoms with Gasteiger partial charge in [0.25, 0.3) is 0 Å². The molecule has 0 saturated carbocycles. The van der Waals surface area contributed by atoms with Crippen molar-refractivity contribution in [2.45, 2.75) is 19.3 Å². The first-order valence-electron chi connectivity index (χ1n) is 7.31. The Morgan fingerprint density at radius 2 is 1.91 bits per heavy atom. The predicted octanol–water partition coefficient (Wildman–Crippen LogP) is 4.81. The van der Waals surface area contributed by atoms with Gasteiger partial charge in [-0.1, -0.05) is 51.8 Å². The minimum absolute atomic E-state index is 0.290. The molecule has 0 bridgehead atoms. The Balaban J connectivity index is 1.79. The summed E-state index contributed by atoms with van der Waals surface area (Å²) in [6.07, 6.45) is 5.38. The molecule has 0 spiro atoms. The molecule has 0 saturated heterocycles. The summed E-state index contributed by atoms with van der Waals surface area (Å²) in [5, 5.41) is 0. The fraction of sp³-hybridized carbons (Fsp3) is 0.211. The van der Waals surface area contributed by atoms with Gasteiger partial charge < -0.3 is 4.74 Å². The van der Waals surface area contributed by atoms with Gasteiger partial charge in [-0.05, 0) is 54.2 Å². The molecule has 2 nitrogen and oxygen atoms in total. The van der Waals surface area contributed by atoms with Crippen LogP contribution in [0.15, 0.2) is 52.5 Å². The van der Waals surface area contributed by atoms with E-state index in [2.05, 4.69) is 40.2 Å². The molecule has 2 aromatic carbocycles. The van der Waals surface area contributed by atoms with Crippen LogP contribution in [0.5, 0.6) is 0 Å². The third-order valence-electron chi connectivity index (χ3n) is 4.01. The number of esters is 1. The number of methoxy groups -OCH3 is 1. The smallest absolute Gasteiger partial charge is 0.337 e.